The molecule has 3 N–H and O–H groups in total. The fourth-order valence-corrected chi connectivity index (χ4v) is 1.56. The van der Waals surface area contributed by atoms with Crippen LogP contribution in [0.5, 0.6) is 0 Å². The third-order valence-corrected chi connectivity index (χ3v) is 2.45. The van der Waals surface area contributed by atoms with Crippen molar-refractivity contribution in [3.05, 3.63) is 23.7 Å². The lowest BCUT2D eigenvalue weighted by Gasteiger charge is -2.25. The number of amides is 2. The number of nitrogens with two attached hydrogens (primary N) is 1. The van der Waals surface area contributed by atoms with Crippen LogP contribution in [0, 0.1) is 0 Å². The summed E-state index contributed by atoms with van der Waals surface area (Å²) < 4.78 is 10.3. The van der Waals surface area contributed by atoms with Crippen LogP contribution in [-0.4, -0.2) is 36.5 Å². The van der Waals surface area contributed by atoms with Gasteiger partial charge in [0.25, 0.3) is 0 Å². The number of furan rings is 1. The molecule has 0 spiro atoms. The monoisotopic (exact) mass is 239 g/mol. The molecule has 1 saturated heterocycles. The van der Waals surface area contributed by atoms with Gasteiger partial charge >= 0.3 is 5.91 Å². The largest absolute Gasteiger partial charge is 0.454 e. The minimum absolute atomic E-state index is 0.0857. The van der Waals surface area contributed by atoms with Crippen molar-refractivity contribution in [3.8, 4) is 0 Å². The number of hydrazine groups is 1. The molecular weight excluding hydrogens is 226 g/mol. The van der Waals surface area contributed by atoms with Gasteiger partial charge < -0.3 is 14.1 Å². The molecule has 7 heteroatoms. The molecule has 7 nitrogen and oxygen atoms in total. The SMILES string of the molecule is NNC(=O)c1ccc(CN2CCOCC2=O)o1. The third-order valence-electron chi connectivity index (χ3n) is 2.45. The molecular formula is C10H13N3O4. The highest BCUT2D eigenvalue weighted by molar-refractivity contribution is 5.90. The molecule has 0 atom stereocenters. The van der Waals surface area contributed by atoms with Crippen molar-refractivity contribution in [3.63, 3.8) is 0 Å². The van der Waals surface area contributed by atoms with Crippen molar-refractivity contribution in [2.45, 2.75) is 6.54 Å². The van der Waals surface area contributed by atoms with Crippen molar-refractivity contribution < 1.29 is 18.7 Å². The van der Waals surface area contributed by atoms with Crippen LogP contribution in [0.1, 0.15) is 16.3 Å². The van der Waals surface area contributed by atoms with Crippen LogP contribution in [0.2, 0.25) is 0 Å². The maximum Gasteiger partial charge on any atom is 0.300 e. The fourth-order valence-electron chi connectivity index (χ4n) is 1.56. The van der Waals surface area contributed by atoms with Crippen LogP contribution >= 0.6 is 0 Å². The van der Waals surface area contributed by atoms with Crippen LogP contribution < -0.4 is 11.3 Å². The quantitative estimate of drug-likeness (QED) is 0.410. The Bertz CT molecular complexity index is 429. The number of nitrogens with one attached hydrogen (secondary N) is 1. The Kier molecular flexibility index (Phi) is 3.40. The summed E-state index contributed by atoms with van der Waals surface area (Å²) in [4.78, 5) is 24.2. The van der Waals surface area contributed by atoms with Gasteiger partial charge in [0.05, 0.1) is 13.2 Å². The number of morpholine rings is 1. The number of ether oxygens (including phenoxy) is 1. The highest BCUT2D eigenvalue weighted by Crippen LogP contribution is 2.12. The molecule has 17 heavy (non-hydrogen) atoms. The summed E-state index contributed by atoms with van der Waals surface area (Å²) in [6.45, 7) is 1.47. The van der Waals surface area contributed by atoms with E-state index in [2.05, 4.69) is 0 Å². The zero-order valence-electron chi connectivity index (χ0n) is 9.14. The smallest absolute Gasteiger partial charge is 0.300 e. The van der Waals surface area contributed by atoms with Crippen LogP contribution in [0.3, 0.4) is 0 Å². The summed E-state index contributed by atoms with van der Waals surface area (Å²) in [5.74, 6) is 5.07. The van der Waals surface area contributed by atoms with E-state index in [1.165, 1.54) is 6.07 Å². The van der Waals surface area contributed by atoms with Gasteiger partial charge in [-0.05, 0) is 12.1 Å². The zero-order valence-corrected chi connectivity index (χ0v) is 9.14. The average molecular weight is 239 g/mol. The standard InChI is InChI=1S/C10H13N3O4/c11-12-10(15)8-2-1-7(17-8)5-13-3-4-16-6-9(13)14/h1-2H,3-6,11H2,(H,12,15). The van der Waals surface area contributed by atoms with Crippen molar-refractivity contribution in [2.24, 2.45) is 5.84 Å². The number of carbonyl (C=O) groups excluding carboxylic acids is 2. The molecule has 92 valence electrons. The van der Waals surface area contributed by atoms with Gasteiger partial charge in [-0.15, -0.1) is 0 Å². The normalized spacial score (nSPS) is 16.1. The summed E-state index contributed by atoms with van der Waals surface area (Å²) in [5.41, 5.74) is 1.97. The summed E-state index contributed by atoms with van der Waals surface area (Å²) in [5, 5.41) is 0. The predicted molar refractivity (Wildman–Crippen MR) is 56.6 cm³/mol. The molecule has 1 aromatic heterocycles. The highest BCUT2D eigenvalue weighted by Gasteiger charge is 2.20. The minimum Gasteiger partial charge on any atom is -0.454 e. The molecule has 2 rings (SSSR count). The Morgan fingerprint density at radius 1 is 1.53 bits per heavy atom. The van der Waals surface area contributed by atoms with Gasteiger partial charge in [0.15, 0.2) is 5.76 Å². The molecule has 0 aromatic carbocycles. The lowest BCUT2D eigenvalue weighted by atomic mass is 10.3. The van der Waals surface area contributed by atoms with E-state index in [0.29, 0.717) is 25.5 Å². The number of hydrogen-bond donors (Lipinski definition) is 2. The van der Waals surface area contributed by atoms with Crippen molar-refractivity contribution >= 4 is 11.8 Å². The van der Waals surface area contributed by atoms with Gasteiger partial charge in [-0.2, -0.15) is 0 Å². The molecule has 1 aromatic rings. The number of nitrogen functional groups attached to an aromatic ring is 1. The van der Waals surface area contributed by atoms with Gasteiger partial charge in [-0.3, -0.25) is 15.0 Å². The van der Waals surface area contributed by atoms with E-state index < -0.39 is 5.91 Å². The average Bonchev–Trinajstić information content (AvgIpc) is 2.80. The van der Waals surface area contributed by atoms with Crippen LogP contribution in [0.25, 0.3) is 0 Å². The molecule has 0 saturated carbocycles. The maximum absolute atomic E-state index is 11.5. The molecule has 2 amide bonds. The first-order chi connectivity index (χ1) is 8.20. The maximum atomic E-state index is 11.5. The Hall–Kier alpha value is -1.86. The number of nitrogens with zero attached hydrogens (tertiary/aromatic N) is 1. The first-order valence-corrected chi connectivity index (χ1v) is 5.16. The topological polar surface area (TPSA) is 97.8 Å². The molecule has 2 heterocycles. The fraction of sp³-hybridized carbons (Fsp3) is 0.400. The van der Waals surface area contributed by atoms with Gasteiger partial charge in [0.1, 0.15) is 12.4 Å². The number of carbonyl (C=O) groups is 2. The number of hydrogen-bond acceptors (Lipinski definition) is 5. The van der Waals surface area contributed by atoms with Crippen LogP contribution in [-0.2, 0) is 16.1 Å². The zero-order chi connectivity index (χ0) is 12.3. The molecule has 1 aliphatic heterocycles. The number of rotatable bonds is 3. The first-order valence-electron chi connectivity index (χ1n) is 5.16. The second-order valence-corrected chi connectivity index (χ2v) is 3.61. The van der Waals surface area contributed by atoms with E-state index in [-0.39, 0.29) is 18.3 Å². The van der Waals surface area contributed by atoms with Crippen LogP contribution in [0.15, 0.2) is 16.5 Å². The lowest BCUT2D eigenvalue weighted by Crippen LogP contribution is -2.40. The van der Waals surface area contributed by atoms with Crippen molar-refractivity contribution in [2.75, 3.05) is 19.8 Å². The Morgan fingerprint density at radius 3 is 3.06 bits per heavy atom. The Balaban J connectivity index is 2.01. The van der Waals surface area contributed by atoms with E-state index in [1.54, 1.807) is 11.0 Å². The Morgan fingerprint density at radius 2 is 2.35 bits per heavy atom. The summed E-state index contributed by atoms with van der Waals surface area (Å²) in [6, 6.07) is 3.16. The van der Waals surface area contributed by atoms with Crippen molar-refractivity contribution in [1.82, 2.24) is 10.3 Å². The molecule has 0 radical (unpaired) electrons. The molecule has 1 aliphatic rings. The molecule has 0 aliphatic carbocycles. The third kappa shape index (κ3) is 2.63. The highest BCUT2D eigenvalue weighted by atomic mass is 16.5. The van der Waals surface area contributed by atoms with E-state index >= 15 is 0 Å². The van der Waals surface area contributed by atoms with E-state index in [4.69, 9.17) is 15.0 Å². The van der Waals surface area contributed by atoms with Gasteiger partial charge in [0.2, 0.25) is 5.91 Å². The van der Waals surface area contributed by atoms with E-state index in [9.17, 15) is 9.59 Å². The second-order valence-electron chi connectivity index (χ2n) is 3.61. The van der Waals surface area contributed by atoms with Crippen molar-refractivity contribution in [1.29, 1.82) is 0 Å². The molecule has 0 unspecified atom stereocenters. The lowest BCUT2D eigenvalue weighted by molar-refractivity contribution is -0.143. The summed E-state index contributed by atoms with van der Waals surface area (Å²) >= 11 is 0. The van der Waals surface area contributed by atoms with E-state index in [1.807, 2.05) is 5.43 Å². The first kappa shape index (κ1) is 11.6. The summed E-state index contributed by atoms with van der Waals surface area (Å²) in [7, 11) is 0. The van der Waals surface area contributed by atoms with Gasteiger partial charge in [-0.25, -0.2) is 5.84 Å². The molecule has 1 fully saturated rings. The summed E-state index contributed by atoms with van der Waals surface area (Å²) in [6.07, 6.45) is 0. The second kappa shape index (κ2) is 4.98. The Labute approximate surface area is 97.5 Å². The molecule has 0 bridgehead atoms. The minimum atomic E-state index is -0.496. The van der Waals surface area contributed by atoms with E-state index in [0.717, 1.165) is 0 Å². The predicted octanol–water partition coefficient (Wildman–Crippen LogP) is -0.758. The van der Waals surface area contributed by atoms with Gasteiger partial charge in [-0.1, -0.05) is 0 Å². The van der Waals surface area contributed by atoms with Crippen LogP contribution in [0.4, 0.5) is 0 Å². The van der Waals surface area contributed by atoms with Gasteiger partial charge in [0, 0.05) is 6.54 Å².